The van der Waals surface area contributed by atoms with Crippen LogP contribution in [-0.2, 0) is 4.12 Å². The number of thioether (sulfide) groups is 1. The average Bonchev–Trinajstić information content (AvgIpc) is 1.85. The molecule has 0 radical (unpaired) electrons. The molecule has 0 fully saturated rings. The van der Waals surface area contributed by atoms with Gasteiger partial charge in [0.1, 0.15) is 20.2 Å². The van der Waals surface area contributed by atoms with Crippen molar-refractivity contribution in [3.8, 4) is 0 Å². The molecule has 56 valence electrons. The van der Waals surface area contributed by atoms with Gasteiger partial charge in [0, 0.05) is 0 Å². The minimum atomic E-state index is -0.355. The Kier molecular flexibility index (Phi) is 7.35. The Labute approximate surface area is 65.9 Å². The van der Waals surface area contributed by atoms with Gasteiger partial charge >= 0.3 is 0 Å². The normalized spacial score (nSPS) is 15.3. The standard InChI is InChI=1S/C4H14O2SSi2/c1-2-7-4(5)3-9-6-8/h4-5H,2-3,9H2,1,8H3. The number of hydrogen-bond donors (Lipinski definition) is 1. The van der Waals surface area contributed by atoms with E-state index in [2.05, 4.69) is 6.92 Å². The third-order valence-corrected chi connectivity index (χ3v) is 4.72. The zero-order valence-electron chi connectivity index (χ0n) is 5.96. The van der Waals surface area contributed by atoms with Gasteiger partial charge < -0.3 is 9.22 Å². The lowest BCUT2D eigenvalue weighted by atomic mass is 10.9. The number of hydrogen-bond acceptors (Lipinski definition) is 3. The zero-order chi connectivity index (χ0) is 7.11. The van der Waals surface area contributed by atoms with Gasteiger partial charge in [-0.05, 0) is 11.8 Å². The summed E-state index contributed by atoms with van der Waals surface area (Å²) in [7, 11) is 0.485. The van der Waals surface area contributed by atoms with Gasteiger partial charge in [0.25, 0.3) is 0 Å². The third kappa shape index (κ3) is 6.59. The molecule has 0 aromatic rings. The summed E-state index contributed by atoms with van der Waals surface area (Å²) in [5.41, 5.74) is -0.157. The SMILES string of the molecule is CCSC(O)C[SiH2]O[SiH3]. The molecule has 0 aliphatic carbocycles. The molecule has 0 aliphatic heterocycles. The molecule has 9 heavy (non-hydrogen) atoms. The van der Waals surface area contributed by atoms with Crippen LogP contribution in [0, 0.1) is 0 Å². The van der Waals surface area contributed by atoms with Crippen LogP contribution in [0.25, 0.3) is 0 Å². The van der Waals surface area contributed by atoms with Crippen molar-refractivity contribution >= 4 is 32.0 Å². The first-order chi connectivity index (χ1) is 4.31. The molecule has 0 aromatic heterocycles. The Morgan fingerprint density at radius 3 is 3.00 bits per heavy atom. The topological polar surface area (TPSA) is 29.5 Å². The molecule has 5 heteroatoms. The van der Waals surface area contributed by atoms with Gasteiger partial charge in [0.2, 0.25) is 0 Å². The predicted octanol–water partition coefficient (Wildman–Crippen LogP) is -1.14. The Bertz CT molecular complexity index is 64.5. The monoisotopic (exact) mass is 182 g/mol. The lowest BCUT2D eigenvalue weighted by Crippen LogP contribution is -2.06. The average molecular weight is 182 g/mol. The van der Waals surface area contributed by atoms with Gasteiger partial charge in [-0.2, -0.15) is 0 Å². The van der Waals surface area contributed by atoms with Gasteiger partial charge in [-0.3, -0.25) is 0 Å². The molecular weight excluding hydrogens is 168 g/mol. The van der Waals surface area contributed by atoms with E-state index in [9.17, 15) is 0 Å². The smallest absolute Gasteiger partial charge is 0.149 e. The minimum absolute atomic E-state index is 0.157. The molecule has 0 saturated heterocycles. The summed E-state index contributed by atoms with van der Waals surface area (Å²) in [6.07, 6.45) is 0. The summed E-state index contributed by atoms with van der Waals surface area (Å²) < 4.78 is 5.06. The first kappa shape index (κ1) is 9.70. The highest BCUT2D eigenvalue weighted by atomic mass is 32.2. The van der Waals surface area contributed by atoms with Crippen LogP contribution in [0.4, 0.5) is 0 Å². The van der Waals surface area contributed by atoms with E-state index in [0.29, 0.717) is 0 Å². The molecule has 1 atom stereocenters. The molecule has 0 bridgehead atoms. The molecule has 2 nitrogen and oxygen atoms in total. The molecule has 0 aliphatic rings. The fraction of sp³-hybridized carbons (Fsp3) is 1.00. The maximum atomic E-state index is 9.11. The lowest BCUT2D eigenvalue weighted by Gasteiger charge is -2.05. The summed E-state index contributed by atoms with van der Waals surface area (Å²) >= 11 is 1.60. The second-order valence-corrected chi connectivity index (χ2v) is 6.44. The van der Waals surface area contributed by atoms with Crippen molar-refractivity contribution in [3.63, 3.8) is 0 Å². The largest absolute Gasteiger partial charge is 0.468 e. The number of aliphatic hydroxyl groups excluding tert-OH is 1. The van der Waals surface area contributed by atoms with Crippen molar-refractivity contribution in [1.29, 1.82) is 0 Å². The summed E-state index contributed by atoms with van der Waals surface area (Å²) in [6.45, 7) is 2.05. The number of aliphatic hydroxyl groups is 1. The highest BCUT2D eigenvalue weighted by molar-refractivity contribution is 7.99. The molecule has 1 unspecified atom stereocenters. The first-order valence-corrected chi connectivity index (χ1v) is 6.54. The summed E-state index contributed by atoms with van der Waals surface area (Å²) in [5.74, 6) is 0.997. The molecule has 0 rings (SSSR count). The molecule has 1 N–H and O–H groups in total. The van der Waals surface area contributed by atoms with E-state index in [4.69, 9.17) is 9.22 Å². The Morgan fingerprint density at radius 1 is 1.89 bits per heavy atom. The van der Waals surface area contributed by atoms with Gasteiger partial charge in [0.15, 0.2) is 0 Å². The highest BCUT2D eigenvalue weighted by Gasteiger charge is 2.00. The van der Waals surface area contributed by atoms with Crippen LogP contribution < -0.4 is 0 Å². The summed E-state index contributed by atoms with van der Waals surface area (Å²) in [5, 5.41) is 9.11. The van der Waals surface area contributed by atoms with Crippen molar-refractivity contribution in [2.45, 2.75) is 18.4 Å². The van der Waals surface area contributed by atoms with E-state index in [0.717, 1.165) is 22.3 Å². The molecular formula is C4H14O2SSi2. The van der Waals surface area contributed by atoms with Crippen LogP contribution in [0.15, 0.2) is 0 Å². The van der Waals surface area contributed by atoms with E-state index < -0.39 is 0 Å². The van der Waals surface area contributed by atoms with E-state index in [1.54, 1.807) is 11.8 Å². The molecule has 0 aromatic carbocycles. The Morgan fingerprint density at radius 2 is 2.56 bits per heavy atom. The van der Waals surface area contributed by atoms with Crippen LogP contribution in [0.1, 0.15) is 6.92 Å². The van der Waals surface area contributed by atoms with E-state index in [1.807, 2.05) is 0 Å². The van der Waals surface area contributed by atoms with Crippen molar-refractivity contribution in [2.75, 3.05) is 5.75 Å². The van der Waals surface area contributed by atoms with Crippen LogP contribution >= 0.6 is 11.8 Å². The highest BCUT2D eigenvalue weighted by Crippen LogP contribution is 2.09. The third-order valence-electron chi connectivity index (χ3n) is 0.928. The van der Waals surface area contributed by atoms with E-state index >= 15 is 0 Å². The molecule has 0 saturated carbocycles. The van der Waals surface area contributed by atoms with Crippen molar-refractivity contribution in [2.24, 2.45) is 0 Å². The molecule has 0 amide bonds. The lowest BCUT2D eigenvalue weighted by molar-refractivity contribution is 0.281. The van der Waals surface area contributed by atoms with Gasteiger partial charge in [-0.1, -0.05) is 6.92 Å². The molecule has 0 heterocycles. The fourth-order valence-electron chi connectivity index (χ4n) is 0.494. The van der Waals surface area contributed by atoms with Crippen molar-refractivity contribution in [1.82, 2.24) is 0 Å². The quantitative estimate of drug-likeness (QED) is 0.430. The van der Waals surface area contributed by atoms with Crippen LogP contribution in [0.5, 0.6) is 0 Å². The van der Waals surface area contributed by atoms with Crippen LogP contribution in [-0.4, -0.2) is 36.5 Å². The predicted molar refractivity (Wildman–Crippen MR) is 48.5 cm³/mol. The van der Waals surface area contributed by atoms with Crippen molar-refractivity contribution in [3.05, 3.63) is 0 Å². The first-order valence-electron chi connectivity index (χ1n) is 3.09. The molecule has 0 spiro atoms. The van der Waals surface area contributed by atoms with Crippen LogP contribution in [0.3, 0.4) is 0 Å². The van der Waals surface area contributed by atoms with Gasteiger partial charge in [-0.15, -0.1) is 11.8 Å². The Hall–Kier alpha value is 0.704. The van der Waals surface area contributed by atoms with Crippen LogP contribution in [0.2, 0.25) is 6.04 Å². The maximum Gasteiger partial charge on any atom is 0.149 e. The number of rotatable bonds is 5. The summed E-state index contributed by atoms with van der Waals surface area (Å²) in [6, 6.07) is 0.905. The summed E-state index contributed by atoms with van der Waals surface area (Å²) in [4.78, 5) is 0. The van der Waals surface area contributed by atoms with Gasteiger partial charge in [-0.25, -0.2) is 0 Å². The Balaban J connectivity index is 2.95. The van der Waals surface area contributed by atoms with E-state index in [-0.39, 0.29) is 15.2 Å². The van der Waals surface area contributed by atoms with Gasteiger partial charge in [0.05, 0.1) is 5.44 Å². The second kappa shape index (κ2) is 6.82. The maximum absolute atomic E-state index is 9.11. The zero-order valence-corrected chi connectivity index (χ0v) is 10.2. The fourth-order valence-corrected chi connectivity index (χ4v) is 2.98. The van der Waals surface area contributed by atoms with Crippen molar-refractivity contribution < 1.29 is 9.22 Å². The minimum Gasteiger partial charge on any atom is -0.468 e. The second-order valence-electron chi connectivity index (χ2n) is 1.69. The van der Waals surface area contributed by atoms with E-state index in [1.165, 1.54) is 0 Å².